The number of rotatable bonds is 6. The lowest BCUT2D eigenvalue weighted by Crippen LogP contribution is -2.48. The average Bonchev–Trinajstić information content (AvgIpc) is 3.36. The molecule has 0 saturated carbocycles. The van der Waals surface area contributed by atoms with Gasteiger partial charge in [-0.05, 0) is 35.4 Å². The second-order valence-electron chi connectivity index (χ2n) is 7.99. The minimum Gasteiger partial charge on any atom is -0.497 e. The van der Waals surface area contributed by atoms with Crippen LogP contribution in [0.25, 0.3) is 11.3 Å². The van der Waals surface area contributed by atoms with E-state index in [1.807, 2.05) is 12.1 Å². The molecule has 0 aliphatic carbocycles. The predicted molar refractivity (Wildman–Crippen MR) is 133 cm³/mol. The summed E-state index contributed by atoms with van der Waals surface area (Å²) in [5.74, 6) is 0.867. The smallest absolute Gasteiger partial charge is 0.185 e. The van der Waals surface area contributed by atoms with Gasteiger partial charge in [0.2, 0.25) is 0 Å². The lowest BCUT2D eigenvalue weighted by molar-refractivity contribution is 0.212. The molecule has 0 N–H and O–H groups in total. The molecule has 1 aliphatic heterocycles. The third kappa shape index (κ3) is 4.40. The summed E-state index contributed by atoms with van der Waals surface area (Å²) in [6.07, 6.45) is 0. The van der Waals surface area contributed by atoms with E-state index in [4.69, 9.17) is 9.72 Å². The number of benzene rings is 3. The summed E-state index contributed by atoms with van der Waals surface area (Å²) in [7, 11) is 1.69. The van der Waals surface area contributed by atoms with Crippen LogP contribution in [0.5, 0.6) is 5.75 Å². The molecule has 162 valence electrons. The van der Waals surface area contributed by atoms with Gasteiger partial charge in [0, 0.05) is 37.1 Å². The van der Waals surface area contributed by atoms with Crippen LogP contribution >= 0.6 is 11.3 Å². The van der Waals surface area contributed by atoms with E-state index in [-0.39, 0.29) is 6.04 Å². The summed E-state index contributed by atoms with van der Waals surface area (Å²) >= 11 is 1.73. The fourth-order valence-electron chi connectivity index (χ4n) is 4.36. The maximum atomic E-state index is 5.27. The largest absolute Gasteiger partial charge is 0.497 e. The zero-order chi connectivity index (χ0) is 21.8. The monoisotopic (exact) mass is 441 g/mol. The molecule has 1 aliphatic rings. The second kappa shape index (κ2) is 9.55. The lowest BCUT2D eigenvalue weighted by Gasteiger charge is -2.39. The Morgan fingerprint density at radius 3 is 1.94 bits per heavy atom. The van der Waals surface area contributed by atoms with E-state index in [9.17, 15) is 0 Å². The average molecular weight is 442 g/mol. The van der Waals surface area contributed by atoms with Gasteiger partial charge in [-0.3, -0.25) is 4.90 Å². The van der Waals surface area contributed by atoms with Crippen LogP contribution in [0.4, 0.5) is 5.13 Å². The van der Waals surface area contributed by atoms with E-state index in [1.165, 1.54) is 11.1 Å². The molecule has 5 rings (SSSR count). The molecule has 4 nitrogen and oxygen atoms in total. The number of nitrogens with zero attached hydrogens (tertiary/aromatic N) is 3. The first-order chi connectivity index (χ1) is 15.8. The topological polar surface area (TPSA) is 28.6 Å². The first-order valence-corrected chi connectivity index (χ1v) is 11.9. The fourth-order valence-corrected chi connectivity index (χ4v) is 5.25. The molecule has 4 aromatic rings. The normalized spacial score (nSPS) is 14.6. The first-order valence-electron chi connectivity index (χ1n) is 11.0. The number of hydrogen-bond acceptors (Lipinski definition) is 5. The highest BCUT2D eigenvalue weighted by Gasteiger charge is 2.27. The van der Waals surface area contributed by atoms with Gasteiger partial charge in [-0.25, -0.2) is 4.98 Å². The molecule has 0 amide bonds. The molecule has 2 heterocycles. The van der Waals surface area contributed by atoms with Crippen LogP contribution in [0.1, 0.15) is 17.2 Å². The number of thiazole rings is 1. The van der Waals surface area contributed by atoms with Gasteiger partial charge in [-0.15, -0.1) is 11.3 Å². The van der Waals surface area contributed by atoms with Crippen molar-refractivity contribution in [1.29, 1.82) is 0 Å². The second-order valence-corrected chi connectivity index (χ2v) is 8.83. The summed E-state index contributed by atoms with van der Waals surface area (Å²) in [5, 5.41) is 3.26. The fraction of sp³-hybridized carbons (Fsp3) is 0.222. The predicted octanol–water partition coefficient (Wildman–Crippen LogP) is 5.73. The Morgan fingerprint density at radius 2 is 1.38 bits per heavy atom. The zero-order valence-corrected chi connectivity index (χ0v) is 19.0. The molecule has 0 unspecified atom stereocenters. The van der Waals surface area contributed by atoms with E-state index in [0.717, 1.165) is 48.3 Å². The Hall–Kier alpha value is -3.15. The van der Waals surface area contributed by atoms with Crippen molar-refractivity contribution in [2.45, 2.75) is 6.04 Å². The maximum Gasteiger partial charge on any atom is 0.185 e. The Bertz CT molecular complexity index is 1080. The minimum absolute atomic E-state index is 0.283. The molecule has 1 fully saturated rings. The molecule has 0 bridgehead atoms. The summed E-state index contributed by atoms with van der Waals surface area (Å²) < 4.78 is 5.27. The molecule has 1 aromatic heterocycles. The Kier molecular flexibility index (Phi) is 6.19. The number of anilines is 1. The van der Waals surface area contributed by atoms with E-state index in [0.29, 0.717) is 0 Å². The van der Waals surface area contributed by atoms with Crippen molar-refractivity contribution in [2.75, 3.05) is 38.2 Å². The van der Waals surface area contributed by atoms with Crippen molar-refractivity contribution in [1.82, 2.24) is 9.88 Å². The number of ether oxygens (including phenoxy) is 1. The summed E-state index contributed by atoms with van der Waals surface area (Å²) in [6.45, 7) is 3.97. The highest BCUT2D eigenvalue weighted by atomic mass is 32.1. The van der Waals surface area contributed by atoms with Gasteiger partial charge in [0.05, 0.1) is 18.8 Å². The van der Waals surface area contributed by atoms with Crippen molar-refractivity contribution in [3.63, 3.8) is 0 Å². The SMILES string of the molecule is COc1ccc(-c2csc(N3CCN(C(c4ccccc4)c4ccccc4)CC3)n2)cc1. The number of piperazine rings is 1. The van der Waals surface area contributed by atoms with Crippen molar-refractivity contribution in [2.24, 2.45) is 0 Å². The van der Waals surface area contributed by atoms with Crippen LogP contribution in [0.2, 0.25) is 0 Å². The Balaban J connectivity index is 1.30. The molecule has 0 atom stereocenters. The zero-order valence-electron chi connectivity index (χ0n) is 18.2. The van der Waals surface area contributed by atoms with E-state index >= 15 is 0 Å². The Morgan fingerprint density at radius 1 is 0.781 bits per heavy atom. The summed E-state index contributed by atoms with van der Waals surface area (Å²) in [6, 6.07) is 30.1. The quantitative estimate of drug-likeness (QED) is 0.382. The number of methoxy groups -OCH3 is 1. The van der Waals surface area contributed by atoms with Crippen molar-refractivity contribution >= 4 is 16.5 Å². The third-order valence-corrected chi connectivity index (χ3v) is 6.96. The molecule has 5 heteroatoms. The number of hydrogen-bond donors (Lipinski definition) is 0. The van der Waals surface area contributed by atoms with Crippen LogP contribution in [0, 0.1) is 0 Å². The molecular weight excluding hydrogens is 414 g/mol. The molecule has 0 spiro atoms. The lowest BCUT2D eigenvalue weighted by atomic mass is 9.96. The standard InChI is InChI=1S/C27H27N3OS/c1-31-24-14-12-21(13-15-24)25-20-32-27(28-25)30-18-16-29(17-19-30)26(22-8-4-2-5-9-22)23-10-6-3-7-11-23/h2-15,20,26H,16-19H2,1H3. The summed E-state index contributed by atoms with van der Waals surface area (Å²) in [5.41, 5.74) is 4.85. The molecular formula is C27H27N3OS. The molecule has 3 aromatic carbocycles. The van der Waals surface area contributed by atoms with Crippen molar-refractivity contribution in [3.8, 4) is 17.0 Å². The van der Waals surface area contributed by atoms with Gasteiger partial charge in [-0.2, -0.15) is 0 Å². The van der Waals surface area contributed by atoms with Crippen LogP contribution in [0.3, 0.4) is 0 Å². The van der Waals surface area contributed by atoms with Crippen LogP contribution in [-0.2, 0) is 0 Å². The van der Waals surface area contributed by atoms with Gasteiger partial charge >= 0.3 is 0 Å². The Labute approximate surface area is 193 Å². The van der Waals surface area contributed by atoms with Crippen LogP contribution in [0.15, 0.2) is 90.3 Å². The van der Waals surface area contributed by atoms with Crippen molar-refractivity contribution in [3.05, 3.63) is 101 Å². The van der Waals surface area contributed by atoms with E-state index in [1.54, 1.807) is 18.4 Å². The van der Waals surface area contributed by atoms with Crippen molar-refractivity contribution < 1.29 is 4.74 Å². The van der Waals surface area contributed by atoms with Gasteiger partial charge in [0.1, 0.15) is 5.75 Å². The molecule has 32 heavy (non-hydrogen) atoms. The van der Waals surface area contributed by atoms with Gasteiger partial charge in [-0.1, -0.05) is 60.7 Å². The van der Waals surface area contributed by atoms with Gasteiger partial charge in [0.25, 0.3) is 0 Å². The number of aromatic nitrogens is 1. The van der Waals surface area contributed by atoms with Gasteiger partial charge < -0.3 is 9.64 Å². The summed E-state index contributed by atoms with van der Waals surface area (Å²) in [4.78, 5) is 9.95. The molecule has 0 radical (unpaired) electrons. The first kappa shape index (κ1) is 20.7. The third-order valence-electron chi connectivity index (χ3n) is 6.06. The highest BCUT2D eigenvalue weighted by Crippen LogP contribution is 2.32. The van der Waals surface area contributed by atoms with Crippen LogP contribution < -0.4 is 9.64 Å². The van der Waals surface area contributed by atoms with E-state index < -0.39 is 0 Å². The minimum atomic E-state index is 0.283. The maximum absolute atomic E-state index is 5.27. The van der Waals surface area contributed by atoms with Gasteiger partial charge in [0.15, 0.2) is 5.13 Å². The molecule has 1 saturated heterocycles. The van der Waals surface area contributed by atoms with E-state index in [2.05, 4.69) is 88.0 Å². The highest BCUT2D eigenvalue weighted by molar-refractivity contribution is 7.14. The van der Waals surface area contributed by atoms with Crippen LogP contribution in [-0.4, -0.2) is 43.2 Å².